The van der Waals surface area contributed by atoms with Crippen molar-refractivity contribution in [3.05, 3.63) is 65.2 Å². The van der Waals surface area contributed by atoms with Crippen LogP contribution in [-0.4, -0.2) is 23.5 Å². The van der Waals surface area contributed by atoms with E-state index in [2.05, 4.69) is 86.4 Å². The third-order valence-corrected chi connectivity index (χ3v) is 9.07. The maximum Gasteiger partial charge on any atom is 0.322 e. The van der Waals surface area contributed by atoms with E-state index in [1.165, 1.54) is 61.6 Å². The highest BCUT2D eigenvalue weighted by Gasteiger charge is 2.33. The largest absolute Gasteiger partial charge is 0.322 e. The first kappa shape index (κ1) is 27.7. The van der Waals surface area contributed by atoms with E-state index in [1.54, 1.807) is 0 Å². The first-order valence-electron chi connectivity index (χ1n) is 15.2. The summed E-state index contributed by atoms with van der Waals surface area (Å²) >= 11 is 0. The molecular formula is C34H50N2O. The Labute approximate surface area is 226 Å². The van der Waals surface area contributed by atoms with Gasteiger partial charge in [-0.05, 0) is 78.9 Å². The number of hydrogen-bond donors (Lipinski definition) is 1. The lowest BCUT2D eigenvalue weighted by molar-refractivity contribution is 0.123. The second-order valence-electron chi connectivity index (χ2n) is 12.3. The molecule has 3 heteroatoms. The Hall–Kier alpha value is -2.29. The van der Waals surface area contributed by atoms with Crippen molar-refractivity contribution in [1.82, 2.24) is 4.90 Å². The molecule has 0 heterocycles. The van der Waals surface area contributed by atoms with Gasteiger partial charge < -0.3 is 10.2 Å². The summed E-state index contributed by atoms with van der Waals surface area (Å²) in [7, 11) is 0. The van der Waals surface area contributed by atoms with Crippen molar-refractivity contribution in [2.24, 2.45) is 11.8 Å². The molecule has 0 saturated heterocycles. The fourth-order valence-electron chi connectivity index (χ4n) is 6.91. The van der Waals surface area contributed by atoms with Crippen LogP contribution >= 0.6 is 0 Å². The summed E-state index contributed by atoms with van der Waals surface area (Å²) in [6, 6.07) is 17.7. The number of nitrogens with zero attached hydrogens (tertiary/aromatic N) is 1. The molecule has 3 nitrogen and oxygen atoms in total. The van der Waals surface area contributed by atoms with E-state index < -0.39 is 0 Å². The molecule has 2 aliphatic carbocycles. The molecule has 0 unspecified atom stereocenters. The number of amides is 2. The third-order valence-electron chi connectivity index (χ3n) is 9.07. The van der Waals surface area contributed by atoms with E-state index in [1.807, 2.05) is 0 Å². The molecule has 1 N–H and O–H groups in total. The Bertz CT molecular complexity index is 942. The molecule has 2 saturated carbocycles. The quantitative estimate of drug-likeness (QED) is 0.364. The fraction of sp³-hybridized carbons (Fsp3) is 0.618. The number of urea groups is 1. The zero-order valence-electron chi connectivity index (χ0n) is 23.8. The SMILES string of the molecule is CC(C)c1cccc(C(C)C)c1NC(=O)N(CCCc1ccccc1)C1CCC(C2CCCCC2)CC1. The van der Waals surface area contributed by atoms with Crippen LogP contribution in [0.2, 0.25) is 0 Å². The fourth-order valence-corrected chi connectivity index (χ4v) is 6.91. The first-order valence-corrected chi connectivity index (χ1v) is 15.2. The zero-order chi connectivity index (χ0) is 26.2. The minimum atomic E-state index is 0.101. The van der Waals surface area contributed by atoms with Crippen molar-refractivity contribution >= 4 is 11.7 Å². The summed E-state index contributed by atoms with van der Waals surface area (Å²) < 4.78 is 0. The van der Waals surface area contributed by atoms with E-state index in [9.17, 15) is 4.79 Å². The van der Waals surface area contributed by atoms with Gasteiger partial charge in [0.05, 0.1) is 0 Å². The number of anilines is 1. The minimum Gasteiger partial charge on any atom is -0.322 e. The molecule has 2 amide bonds. The molecule has 37 heavy (non-hydrogen) atoms. The van der Waals surface area contributed by atoms with Crippen molar-refractivity contribution in [1.29, 1.82) is 0 Å². The van der Waals surface area contributed by atoms with E-state index in [0.717, 1.165) is 49.8 Å². The predicted octanol–water partition coefficient (Wildman–Crippen LogP) is 9.54. The number of para-hydroxylation sites is 1. The van der Waals surface area contributed by atoms with Gasteiger partial charge in [0.15, 0.2) is 0 Å². The van der Waals surface area contributed by atoms with Gasteiger partial charge in [-0.25, -0.2) is 4.79 Å². The maximum absolute atomic E-state index is 14.0. The van der Waals surface area contributed by atoms with Crippen molar-refractivity contribution in [2.75, 3.05) is 11.9 Å². The predicted molar refractivity (Wildman–Crippen MR) is 157 cm³/mol. The summed E-state index contributed by atoms with van der Waals surface area (Å²) in [4.78, 5) is 16.2. The lowest BCUT2D eigenvalue weighted by Crippen LogP contribution is -2.46. The number of carbonyl (C=O) groups excluding carboxylic acids is 1. The Morgan fingerprint density at radius 3 is 1.97 bits per heavy atom. The molecule has 2 fully saturated rings. The minimum absolute atomic E-state index is 0.101. The van der Waals surface area contributed by atoms with Gasteiger partial charge in [0.1, 0.15) is 0 Å². The highest BCUT2D eigenvalue weighted by atomic mass is 16.2. The average molecular weight is 503 g/mol. The molecule has 0 atom stereocenters. The van der Waals surface area contributed by atoms with Gasteiger partial charge in [0.25, 0.3) is 0 Å². The summed E-state index contributed by atoms with van der Waals surface area (Å²) in [5.41, 5.74) is 4.88. The van der Waals surface area contributed by atoms with Crippen molar-refractivity contribution in [2.45, 2.75) is 116 Å². The maximum atomic E-state index is 14.0. The van der Waals surface area contributed by atoms with Gasteiger partial charge in [0.2, 0.25) is 0 Å². The molecule has 0 spiro atoms. The lowest BCUT2D eigenvalue weighted by atomic mass is 9.72. The summed E-state index contributed by atoms with van der Waals surface area (Å²) in [6.07, 6.45) is 14.0. The van der Waals surface area contributed by atoms with Crippen molar-refractivity contribution in [3.8, 4) is 0 Å². The van der Waals surface area contributed by atoms with Crippen LogP contribution in [-0.2, 0) is 6.42 Å². The zero-order valence-corrected chi connectivity index (χ0v) is 23.8. The van der Waals surface area contributed by atoms with Crippen molar-refractivity contribution < 1.29 is 4.79 Å². The molecule has 2 aliphatic rings. The monoisotopic (exact) mass is 502 g/mol. The second kappa shape index (κ2) is 13.5. The van der Waals surface area contributed by atoms with Crippen LogP contribution in [0.4, 0.5) is 10.5 Å². The van der Waals surface area contributed by atoms with Gasteiger partial charge in [-0.3, -0.25) is 0 Å². The first-order chi connectivity index (χ1) is 17.9. The molecule has 4 rings (SSSR count). The molecule has 0 aromatic heterocycles. The normalized spacial score (nSPS) is 20.8. The smallest absolute Gasteiger partial charge is 0.322 e. The van der Waals surface area contributed by atoms with Crippen LogP contribution in [0, 0.1) is 11.8 Å². The molecule has 202 valence electrons. The highest BCUT2D eigenvalue weighted by molar-refractivity contribution is 5.91. The van der Waals surface area contributed by atoms with Crippen LogP contribution in [0.25, 0.3) is 0 Å². The Kier molecular flexibility index (Phi) is 10.1. The molecule has 2 aromatic carbocycles. The van der Waals surface area contributed by atoms with Gasteiger partial charge >= 0.3 is 6.03 Å². The Morgan fingerprint density at radius 2 is 1.38 bits per heavy atom. The number of rotatable bonds is 9. The topological polar surface area (TPSA) is 32.3 Å². The van der Waals surface area contributed by atoms with Crippen LogP contribution in [0.3, 0.4) is 0 Å². The standard InChI is InChI=1S/C34H50N2O/c1-25(2)31-18-11-19-32(26(3)4)33(31)35-34(37)36(24-12-15-27-13-7-5-8-14-27)30-22-20-29(21-23-30)28-16-9-6-10-17-28/h5,7-8,11,13-14,18-19,25-26,28-30H,6,9-10,12,15-17,20-24H2,1-4H3,(H,35,37). The number of aryl methyl sites for hydroxylation is 1. The second-order valence-corrected chi connectivity index (χ2v) is 12.3. The molecule has 0 aliphatic heterocycles. The van der Waals surface area contributed by atoms with Crippen LogP contribution in [0.15, 0.2) is 48.5 Å². The third kappa shape index (κ3) is 7.39. The van der Waals surface area contributed by atoms with Crippen LogP contribution in [0.5, 0.6) is 0 Å². The molecular weight excluding hydrogens is 452 g/mol. The van der Waals surface area contributed by atoms with E-state index >= 15 is 0 Å². The summed E-state index contributed by atoms with van der Waals surface area (Å²) in [5.74, 6) is 2.54. The van der Waals surface area contributed by atoms with Crippen LogP contribution < -0.4 is 5.32 Å². The van der Waals surface area contributed by atoms with Gasteiger partial charge in [-0.2, -0.15) is 0 Å². The number of benzene rings is 2. The summed E-state index contributed by atoms with van der Waals surface area (Å²) in [5, 5.41) is 3.45. The van der Waals surface area contributed by atoms with Gasteiger partial charge in [0, 0.05) is 18.3 Å². The van der Waals surface area contributed by atoms with Crippen molar-refractivity contribution in [3.63, 3.8) is 0 Å². The van der Waals surface area contributed by atoms with E-state index in [-0.39, 0.29) is 6.03 Å². The highest BCUT2D eigenvalue weighted by Crippen LogP contribution is 2.40. The number of nitrogens with one attached hydrogen (secondary N) is 1. The summed E-state index contributed by atoms with van der Waals surface area (Å²) in [6.45, 7) is 9.71. The number of carbonyl (C=O) groups is 1. The van der Waals surface area contributed by atoms with E-state index in [0.29, 0.717) is 17.9 Å². The molecule has 0 bridgehead atoms. The molecule has 2 aromatic rings. The van der Waals surface area contributed by atoms with E-state index in [4.69, 9.17) is 0 Å². The Balaban J connectivity index is 1.48. The number of hydrogen-bond acceptors (Lipinski definition) is 1. The van der Waals surface area contributed by atoms with Gasteiger partial charge in [-0.15, -0.1) is 0 Å². The Morgan fingerprint density at radius 1 is 0.784 bits per heavy atom. The van der Waals surface area contributed by atoms with Gasteiger partial charge in [-0.1, -0.05) is 108 Å². The lowest BCUT2D eigenvalue weighted by Gasteiger charge is -2.40. The average Bonchev–Trinajstić information content (AvgIpc) is 2.92. The molecule has 0 radical (unpaired) electrons. The van der Waals surface area contributed by atoms with Crippen LogP contribution in [0.1, 0.15) is 120 Å².